The zero-order valence-electron chi connectivity index (χ0n) is 10.6. The first kappa shape index (κ1) is 14.4. The van der Waals surface area contributed by atoms with Gasteiger partial charge in [-0.3, -0.25) is 0 Å². The van der Waals surface area contributed by atoms with Gasteiger partial charge in [-0.05, 0) is 42.1 Å². The van der Waals surface area contributed by atoms with Gasteiger partial charge in [0.1, 0.15) is 0 Å². The maximum absolute atomic E-state index is 13.0. The molecule has 0 radical (unpaired) electrons. The molecule has 0 bridgehead atoms. The Morgan fingerprint density at radius 2 is 2.05 bits per heavy atom. The second-order valence-electron chi connectivity index (χ2n) is 4.25. The Balaban J connectivity index is 2.28. The van der Waals surface area contributed by atoms with Gasteiger partial charge in [0.2, 0.25) is 0 Å². The minimum Gasteiger partial charge on any atom is -0.380 e. The van der Waals surface area contributed by atoms with Crippen LogP contribution in [0.15, 0.2) is 29.6 Å². The van der Waals surface area contributed by atoms with Gasteiger partial charge < -0.3 is 5.32 Å². The summed E-state index contributed by atoms with van der Waals surface area (Å²) in [6.45, 7) is 2.25. The van der Waals surface area contributed by atoms with Gasteiger partial charge in [0.05, 0.1) is 17.2 Å². The van der Waals surface area contributed by atoms with Crippen LogP contribution in [0.2, 0.25) is 0 Å². The Morgan fingerprint density at radius 3 is 2.60 bits per heavy atom. The van der Waals surface area contributed by atoms with Gasteiger partial charge >= 0.3 is 6.18 Å². The van der Waals surface area contributed by atoms with E-state index in [2.05, 4.69) is 5.32 Å². The zero-order valence-corrected chi connectivity index (χ0v) is 11.4. The summed E-state index contributed by atoms with van der Waals surface area (Å²) in [5.74, 6) is 0. The third-order valence-corrected chi connectivity index (χ3v) is 3.88. The summed E-state index contributed by atoms with van der Waals surface area (Å²) in [7, 11) is 0. The van der Waals surface area contributed by atoms with Crippen molar-refractivity contribution in [3.05, 3.63) is 51.2 Å². The Bertz CT molecular complexity index is 653. The molecule has 0 aliphatic heterocycles. The molecule has 0 spiro atoms. The molecule has 104 valence electrons. The van der Waals surface area contributed by atoms with Crippen molar-refractivity contribution >= 4 is 17.0 Å². The number of benzene rings is 1. The van der Waals surface area contributed by atoms with Crippen molar-refractivity contribution in [2.24, 2.45) is 0 Å². The van der Waals surface area contributed by atoms with Gasteiger partial charge in [-0.25, -0.2) is 0 Å². The van der Waals surface area contributed by atoms with Crippen LogP contribution in [0.25, 0.3) is 0 Å². The summed E-state index contributed by atoms with van der Waals surface area (Å²) in [6, 6.07) is 7.18. The Morgan fingerprint density at radius 1 is 1.30 bits per heavy atom. The number of halogens is 3. The normalized spacial score (nSPS) is 11.2. The molecule has 0 aliphatic rings. The quantitative estimate of drug-likeness (QED) is 0.901. The van der Waals surface area contributed by atoms with Crippen molar-refractivity contribution in [3.63, 3.8) is 0 Å². The van der Waals surface area contributed by atoms with Gasteiger partial charge in [-0.1, -0.05) is 0 Å². The molecule has 0 aliphatic carbocycles. The molecule has 0 unspecified atom stereocenters. The molecule has 20 heavy (non-hydrogen) atoms. The van der Waals surface area contributed by atoms with Crippen LogP contribution >= 0.6 is 11.3 Å². The van der Waals surface area contributed by atoms with Gasteiger partial charge in [0.15, 0.2) is 0 Å². The third-order valence-electron chi connectivity index (χ3n) is 2.86. The van der Waals surface area contributed by atoms with E-state index in [1.54, 1.807) is 6.07 Å². The van der Waals surface area contributed by atoms with E-state index in [0.717, 1.165) is 16.5 Å². The molecule has 0 fully saturated rings. The van der Waals surface area contributed by atoms with E-state index >= 15 is 0 Å². The fourth-order valence-corrected chi connectivity index (χ4v) is 2.61. The first-order valence-corrected chi connectivity index (χ1v) is 6.68. The average molecular weight is 296 g/mol. The van der Waals surface area contributed by atoms with Crippen LogP contribution in [-0.4, -0.2) is 0 Å². The molecule has 1 aromatic carbocycles. The largest absolute Gasteiger partial charge is 0.418 e. The topological polar surface area (TPSA) is 35.8 Å². The smallest absolute Gasteiger partial charge is 0.380 e. The van der Waals surface area contributed by atoms with E-state index in [9.17, 15) is 13.2 Å². The molecule has 6 heteroatoms. The number of hydrogen-bond donors (Lipinski definition) is 1. The monoisotopic (exact) mass is 296 g/mol. The highest BCUT2D eigenvalue weighted by Gasteiger charge is 2.33. The summed E-state index contributed by atoms with van der Waals surface area (Å²) < 4.78 is 38.9. The van der Waals surface area contributed by atoms with Crippen molar-refractivity contribution in [3.8, 4) is 6.07 Å². The van der Waals surface area contributed by atoms with Crippen molar-refractivity contribution in [1.29, 1.82) is 5.26 Å². The first-order valence-electron chi connectivity index (χ1n) is 5.80. The van der Waals surface area contributed by atoms with E-state index in [1.165, 1.54) is 23.5 Å². The lowest BCUT2D eigenvalue weighted by atomic mass is 10.1. The van der Waals surface area contributed by atoms with Crippen molar-refractivity contribution in [1.82, 2.24) is 0 Å². The number of rotatable bonds is 3. The molecular formula is C14H11F3N2S. The van der Waals surface area contributed by atoms with Gasteiger partial charge in [0.25, 0.3) is 0 Å². The lowest BCUT2D eigenvalue weighted by Gasteiger charge is -2.14. The molecule has 0 saturated carbocycles. The van der Waals surface area contributed by atoms with Crippen LogP contribution in [0.4, 0.5) is 18.9 Å². The van der Waals surface area contributed by atoms with E-state index in [0.29, 0.717) is 6.54 Å². The third kappa shape index (κ3) is 3.11. The van der Waals surface area contributed by atoms with E-state index < -0.39 is 11.7 Å². The predicted octanol–water partition coefficient (Wildman–Crippen LogP) is 4.56. The summed E-state index contributed by atoms with van der Waals surface area (Å²) in [5.41, 5.74) is 0.218. The number of thiophene rings is 1. The SMILES string of the molecule is Cc1ccsc1CNc1ccc(C#N)cc1C(F)(F)F. The Kier molecular flexibility index (Phi) is 4.00. The number of nitrogens with zero attached hydrogens (tertiary/aromatic N) is 1. The van der Waals surface area contributed by atoms with Crippen LogP contribution in [0.5, 0.6) is 0 Å². The fraction of sp³-hybridized carbons (Fsp3) is 0.214. The summed E-state index contributed by atoms with van der Waals surface area (Å²) in [4.78, 5) is 0.988. The molecular weight excluding hydrogens is 285 g/mol. The van der Waals surface area contributed by atoms with Crippen LogP contribution in [-0.2, 0) is 12.7 Å². The molecule has 0 saturated heterocycles. The molecule has 2 rings (SSSR count). The number of nitriles is 1. The van der Waals surface area contributed by atoms with Crippen LogP contribution in [0, 0.1) is 18.3 Å². The van der Waals surface area contributed by atoms with E-state index in [-0.39, 0.29) is 11.3 Å². The second-order valence-corrected chi connectivity index (χ2v) is 5.25. The molecule has 1 heterocycles. The first-order chi connectivity index (χ1) is 9.41. The van der Waals surface area contributed by atoms with Crippen molar-refractivity contribution < 1.29 is 13.2 Å². The molecule has 0 atom stereocenters. The summed E-state index contributed by atoms with van der Waals surface area (Å²) in [6.07, 6.45) is -4.49. The van der Waals surface area contributed by atoms with Crippen LogP contribution in [0.1, 0.15) is 21.6 Å². The number of anilines is 1. The summed E-state index contributed by atoms with van der Waals surface area (Å²) in [5, 5.41) is 13.4. The van der Waals surface area contributed by atoms with E-state index in [1.807, 2.05) is 18.4 Å². The lowest BCUT2D eigenvalue weighted by molar-refractivity contribution is -0.137. The van der Waals surface area contributed by atoms with Gasteiger partial charge in [0, 0.05) is 17.1 Å². The molecule has 0 amide bonds. The maximum atomic E-state index is 13.0. The number of aryl methyl sites for hydroxylation is 1. The number of hydrogen-bond acceptors (Lipinski definition) is 3. The van der Waals surface area contributed by atoms with E-state index in [4.69, 9.17) is 5.26 Å². The minimum absolute atomic E-state index is 0.00446. The summed E-state index contributed by atoms with van der Waals surface area (Å²) >= 11 is 1.49. The highest BCUT2D eigenvalue weighted by Crippen LogP contribution is 2.35. The Hall–Kier alpha value is -2.00. The number of nitrogens with one attached hydrogen (secondary N) is 1. The maximum Gasteiger partial charge on any atom is 0.418 e. The molecule has 1 aromatic heterocycles. The average Bonchev–Trinajstić information content (AvgIpc) is 2.80. The second kappa shape index (κ2) is 5.55. The van der Waals surface area contributed by atoms with Crippen LogP contribution in [0.3, 0.4) is 0 Å². The predicted molar refractivity (Wildman–Crippen MR) is 72.5 cm³/mol. The van der Waals surface area contributed by atoms with Crippen molar-refractivity contribution in [2.75, 3.05) is 5.32 Å². The minimum atomic E-state index is -4.49. The molecule has 1 N–H and O–H groups in total. The Labute approximate surface area is 118 Å². The zero-order chi connectivity index (χ0) is 14.8. The standard InChI is InChI=1S/C14H11F3N2S/c1-9-4-5-20-13(9)8-19-12-3-2-10(7-18)6-11(12)14(15,16)17/h2-6,19H,8H2,1H3. The fourth-order valence-electron chi connectivity index (χ4n) is 1.76. The highest BCUT2D eigenvalue weighted by atomic mass is 32.1. The van der Waals surface area contributed by atoms with Gasteiger partial charge in [-0.2, -0.15) is 18.4 Å². The van der Waals surface area contributed by atoms with Crippen molar-refractivity contribution in [2.45, 2.75) is 19.6 Å². The molecule has 2 aromatic rings. The van der Waals surface area contributed by atoms with Gasteiger partial charge in [-0.15, -0.1) is 11.3 Å². The number of alkyl halides is 3. The highest BCUT2D eigenvalue weighted by molar-refractivity contribution is 7.10. The lowest BCUT2D eigenvalue weighted by Crippen LogP contribution is -2.11. The molecule has 2 nitrogen and oxygen atoms in total. The van der Waals surface area contributed by atoms with Crippen LogP contribution < -0.4 is 5.32 Å².